The number of nitrogens with zero attached hydrogens (tertiary/aromatic N) is 3. The molecule has 3 heterocycles. The standard InChI is InChI=1S/C18H15N3O4/c1-21-18(23)15(16(20-21)11-4-6-19-7-5-11)17(22)12-2-3-13-14(10-12)25-9-8-24-13/h2-7,10,15H,8-9H2,1H3/t15-/m0/s1. The Labute approximate surface area is 143 Å². The summed E-state index contributed by atoms with van der Waals surface area (Å²) in [5.41, 5.74) is 1.51. The van der Waals surface area contributed by atoms with Crippen molar-refractivity contribution in [2.24, 2.45) is 11.0 Å². The van der Waals surface area contributed by atoms with E-state index in [1.165, 1.54) is 5.01 Å². The molecule has 25 heavy (non-hydrogen) atoms. The topological polar surface area (TPSA) is 81.1 Å². The second-order valence-corrected chi connectivity index (χ2v) is 5.74. The highest BCUT2D eigenvalue weighted by Crippen LogP contribution is 2.32. The van der Waals surface area contributed by atoms with Gasteiger partial charge in [0.1, 0.15) is 19.1 Å². The molecule has 2 aliphatic rings. The Morgan fingerprint density at radius 1 is 1.12 bits per heavy atom. The number of pyridine rings is 1. The molecule has 4 rings (SSSR count). The van der Waals surface area contributed by atoms with Crippen molar-refractivity contribution in [3.8, 4) is 11.5 Å². The molecule has 0 saturated carbocycles. The summed E-state index contributed by atoms with van der Waals surface area (Å²) in [4.78, 5) is 29.5. The van der Waals surface area contributed by atoms with Crippen molar-refractivity contribution in [3.63, 3.8) is 0 Å². The Bertz CT molecular complexity index is 879. The average Bonchev–Trinajstić information content (AvgIpc) is 2.96. The minimum atomic E-state index is -0.977. The molecule has 7 nitrogen and oxygen atoms in total. The maximum atomic E-state index is 13.0. The van der Waals surface area contributed by atoms with E-state index in [2.05, 4.69) is 10.1 Å². The van der Waals surface area contributed by atoms with Gasteiger partial charge in [0.15, 0.2) is 17.3 Å². The number of hydrogen-bond donors (Lipinski definition) is 0. The Hall–Kier alpha value is -3.22. The van der Waals surface area contributed by atoms with Crippen LogP contribution in [-0.2, 0) is 4.79 Å². The summed E-state index contributed by atoms with van der Waals surface area (Å²) < 4.78 is 11.0. The van der Waals surface area contributed by atoms with Gasteiger partial charge in [0.2, 0.25) is 0 Å². The molecule has 1 aromatic carbocycles. The lowest BCUT2D eigenvalue weighted by Crippen LogP contribution is -2.32. The van der Waals surface area contributed by atoms with E-state index in [0.29, 0.717) is 41.6 Å². The number of carbonyl (C=O) groups is 2. The summed E-state index contributed by atoms with van der Waals surface area (Å²) in [6.45, 7) is 0.907. The number of ether oxygens (including phenoxy) is 2. The molecule has 0 saturated heterocycles. The predicted molar refractivity (Wildman–Crippen MR) is 88.8 cm³/mol. The number of rotatable bonds is 3. The second kappa shape index (κ2) is 6.01. The first-order chi connectivity index (χ1) is 12.1. The number of aromatic nitrogens is 1. The molecule has 0 spiro atoms. The summed E-state index contributed by atoms with van der Waals surface area (Å²) in [5.74, 6) is -0.539. The lowest BCUT2D eigenvalue weighted by atomic mass is 9.89. The predicted octanol–water partition coefficient (Wildman–Crippen LogP) is 1.53. The van der Waals surface area contributed by atoms with Crippen molar-refractivity contribution < 1.29 is 19.1 Å². The molecule has 1 aromatic heterocycles. The van der Waals surface area contributed by atoms with Crippen molar-refractivity contribution in [1.29, 1.82) is 0 Å². The van der Waals surface area contributed by atoms with Crippen LogP contribution in [0.5, 0.6) is 11.5 Å². The van der Waals surface area contributed by atoms with Gasteiger partial charge in [0.25, 0.3) is 5.91 Å². The van der Waals surface area contributed by atoms with Crippen molar-refractivity contribution in [2.75, 3.05) is 20.3 Å². The summed E-state index contributed by atoms with van der Waals surface area (Å²) in [6, 6.07) is 8.41. The molecule has 0 fully saturated rings. The van der Waals surface area contributed by atoms with Crippen LogP contribution in [0.2, 0.25) is 0 Å². The van der Waals surface area contributed by atoms with Gasteiger partial charge in [-0.1, -0.05) is 0 Å². The quantitative estimate of drug-likeness (QED) is 0.627. The van der Waals surface area contributed by atoms with E-state index in [0.717, 1.165) is 0 Å². The van der Waals surface area contributed by atoms with Crippen LogP contribution in [0.4, 0.5) is 0 Å². The molecule has 1 amide bonds. The van der Waals surface area contributed by atoms with E-state index in [9.17, 15) is 9.59 Å². The Morgan fingerprint density at radius 2 is 1.84 bits per heavy atom. The zero-order chi connectivity index (χ0) is 17.4. The maximum absolute atomic E-state index is 13.0. The molecule has 2 aliphatic heterocycles. The van der Waals surface area contributed by atoms with E-state index in [-0.39, 0.29) is 11.7 Å². The van der Waals surface area contributed by atoms with Crippen LogP contribution in [-0.4, -0.2) is 47.7 Å². The maximum Gasteiger partial charge on any atom is 0.259 e. The smallest absolute Gasteiger partial charge is 0.259 e. The molecular formula is C18H15N3O4. The Balaban J connectivity index is 1.71. The fraction of sp³-hybridized carbons (Fsp3) is 0.222. The molecule has 0 aliphatic carbocycles. The molecule has 0 N–H and O–H groups in total. The highest BCUT2D eigenvalue weighted by molar-refractivity contribution is 6.31. The lowest BCUT2D eigenvalue weighted by Gasteiger charge is -2.19. The molecule has 0 radical (unpaired) electrons. The largest absolute Gasteiger partial charge is 0.486 e. The first-order valence-electron chi connectivity index (χ1n) is 7.85. The molecule has 7 heteroatoms. The average molecular weight is 337 g/mol. The van der Waals surface area contributed by atoms with Crippen LogP contribution in [0.15, 0.2) is 47.8 Å². The van der Waals surface area contributed by atoms with Gasteiger partial charge in [-0.25, -0.2) is 5.01 Å². The molecule has 126 valence electrons. The van der Waals surface area contributed by atoms with Crippen molar-refractivity contribution in [3.05, 3.63) is 53.9 Å². The van der Waals surface area contributed by atoms with Gasteiger partial charge in [-0.05, 0) is 30.3 Å². The number of Topliss-reactive ketones (excluding diaryl/α,β-unsaturated/α-hetero) is 1. The summed E-state index contributed by atoms with van der Waals surface area (Å²) >= 11 is 0. The van der Waals surface area contributed by atoms with Gasteiger partial charge >= 0.3 is 0 Å². The number of fused-ring (bicyclic) bond motifs is 1. The highest BCUT2D eigenvalue weighted by atomic mass is 16.6. The van der Waals surface area contributed by atoms with Gasteiger partial charge in [-0.2, -0.15) is 5.10 Å². The Morgan fingerprint density at radius 3 is 2.60 bits per heavy atom. The number of carbonyl (C=O) groups excluding carboxylic acids is 2. The molecule has 0 bridgehead atoms. The Kier molecular flexibility index (Phi) is 3.68. The number of amides is 1. The van der Waals surface area contributed by atoms with E-state index in [1.807, 2.05) is 0 Å². The first kappa shape index (κ1) is 15.3. The molecule has 2 aromatic rings. The van der Waals surface area contributed by atoms with Gasteiger partial charge in [0.05, 0.1) is 5.71 Å². The molecular weight excluding hydrogens is 322 g/mol. The molecule has 1 atom stereocenters. The monoisotopic (exact) mass is 337 g/mol. The van der Waals surface area contributed by atoms with Crippen molar-refractivity contribution >= 4 is 17.4 Å². The van der Waals surface area contributed by atoms with Crippen molar-refractivity contribution in [1.82, 2.24) is 9.99 Å². The SMILES string of the molecule is CN1N=C(c2ccncc2)[C@@H](C(=O)c2ccc3c(c2)OCCO3)C1=O. The van der Waals surface area contributed by atoms with Crippen LogP contribution < -0.4 is 9.47 Å². The van der Waals surface area contributed by atoms with E-state index in [4.69, 9.17) is 9.47 Å². The lowest BCUT2D eigenvalue weighted by molar-refractivity contribution is -0.129. The van der Waals surface area contributed by atoms with Crippen LogP contribution in [0.25, 0.3) is 0 Å². The minimum Gasteiger partial charge on any atom is -0.486 e. The van der Waals surface area contributed by atoms with Gasteiger partial charge < -0.3 is 9.47 Å². The van der Waals surface area contributed by atoms with Crippen LogP contribution >= 0.6 is 0 Å². The minimum absolute atomic E-state index is 0.318. The number of hydrogen-bond acceptors (Lipinski definition) is 6. The summed E-state index contributed by atoms with van der Waals surface area (Å²) in [5, 5.41) is 5.46. The third-order valence-electron chi connectivity index (χ3n) is 4.16. The second-order valence-electron chi connectivity index (χ2n) is 5.74. The fourth-order valence-electron chi connectivity index (χ4n) is 2.92. The summed E-state index contributed by atoms with van der Waals surface area (Å²) in [6.07, 6.45) is 3.21. The van der Waals surface area contributed by atoms with Gasteiger partial charge in [0, 0.05) is 30.6 Å². The first-order valence-corrected chi connectivity index (χ1v) is 7.85. The number of benzene rings is 1. The molecule has 0 unspecified atom stereocenters. The van der Waals surface area contributed by atoms with E-state index < -0.39 is 5.92 Å². The van der Waals surface area contributed by atoms with Gasteiger partial charge in [-0.3, -0.25) is 14.6 Å². The van der Waals surface area contributed by atoms with Crippen molar-refractivity contribution in [2.45, 2.75) is 0 Å². The van der Waals surface area contributed by atoms with E-state index in [1.54, 1.807) is 49.8 Å². The zero-order valence-corrected chi connectivity index (χ0v) is 13.5. The van der Waals surface area contributed by atoms with E-state index >= 15 is 0 Å². The number of hydrazone groups is 1. The normalized spacial score (nSPS) is 18.9. The highest BCUT2D eigenvalue weighted by Gasteiger charge is 2.40. The summed E-state index contributed by atoms with van der Waals surface area (Å²) in [7, 11) is 1.54. The van der Waals surface area contributed by atoms with Gasteiger partial charge in [-0.15, -0.1) is 0 Å². The zero-order valence-electron chi connectivity index (χ0n) is 13.5. The third-order valence-corrected chi connectivity index (χ3v) is 4.16. The number of ketones is 1. The van der Waals surface area contributed by atoms with Crippen LogP contribution in [0.3, 0.4) is 0 Å². The van der Waals surface area contributed by atoms with Crippen LogP contribution in [0.1, 0.15) is 15.9 Å². The fourth-order valence-corrected chi connectivity index (χ4v) is 2.92. The third kappa shape index (κ3) is 2.63. The van der Waals surface area contributed by atoms with Crippen LogP contribution in [0, 0.1) is 5.92 Å².